The lowest BCUT2D eigenvalue weighted by Gasteiger charge is -2.05. The molecular formula is C11H13Br2NO2. The molecule has 88 valence electrons. The third kappa shape index (κ3) is 5.63. The molecule has 0 heterocycles. The summed E-state index contributed by atoms with van der Waals surface area (Å²) < 4.78 is 2.06. The molecule has 0 saturated carbocycles. The van der Waals surface area contributed by atoms with E-state index in [0.717, 1.165) is 27.6 Å². The van der Waals surface area contributed by atoms with Gasteiger partial charge in [0.05, 0.1) is 0 Å². The first kappa shape index (κ1) is 13.7. The van der Waals surface area contributed by atoms with Crippen molar-refractivity contribution in [1.29, 1.82) is 0 Å². The summed E-state index contributed by atoms with van der Waals surface area (Å²) in [4.78, 5) is 10.3. The molecule has 16 heavy (non-hydrogen) atoms. The van der Waals surface area contributed by atoms with E-state index in [1.807, 2.05) is 18.2 Å². The second-order valence-electron chi connectivity index (χ2n) is 3.45. The van der Waals surface area contributed by atoms with Gasteiger partial charge in [-0.15, -0.1) is 0 Å². The van der Waals surface area contributed by atoms with Crippen LogP contribution in [0.3, 0.4) is 0 Å². The van der Waals surface area contributed by atoms with Gasteiger partial charge in [-0.2, -0.15) is 0 Å². The second-order valence-corrected chi connectivity index (χ2v) is 5.28. The van der Waals surface area contributed by atoms with Crippen LogP contribution < -0.4 is 5.32 Å². The van der Waals surface area contributed by atoms with Crippen LogP contribution in [0, 0.1) is 0 Å². The average molecular weight is 351 g/mol. The maximum absolute atomic E-state index is 10.3. The number of benzene rings is 1. The van der Waals surface area contributed by atoms with Crippen molar-refractivity contribution in [3.8, 4) is 0 Å². The quantitative estimate of drug-likeness (QED) is 0.775. The van der Waals surface area contributed by atoms with Gasteiger partial charge >= 0.3 is 5.97 Å². The normalized spacial score (nSPS) is 10.4. The Kier molecular flexibility index (Phi) is 6.01. The molecule has 0 atom stereocenters. The molecule has 0 aliphatic heterocycles. The molecule has 0 saturated heterocycles. The smallest absolute Gasteiger partial charge is 0.303 e. The number of hydrogen-bond acceptors (Lipinski definition) is 2. The van der Waals surface area contributed by atoms with E-state index in [2.05, 4.69) is 37.2 Å². The van der Waals surface area contributed by atoms with E-state index in [0.29, 0.717) is 6.42 Å². The van der Waals surface area contributed by atoms with Gasteiger partial charge in [0.2, 0.25) is 0 Å². The van der Waals surface area contributed by atoms with Crippen molar-refractivity contribution in [3.63, 3.8) is 0 Å². The van der Waals surface area contributed by atoms with E-state index in [1.165, 1.54) is 0 Å². The first-order valence-corrected chi connectivity index (χ1v) is 6.54. The average Bonchev–Trinajstić information content (AvgIpc) is 2.15. The van der Waals surface area contributed by atoms with Gasteiger partial charge in [-0.3, -0.25) is 4.79 Å². The SMILES string of the molecule is O=C(O)CCCNCc1cc(Br)cc(Br)c1. The Morgan fingerprint density at radius 1 is 1.25 bits per heavy atom. The van der Waals surface area contributed by atoms with E-state index in [9.17, 15) is 4.79 Å². The Morgan fingerprint density at radius 2 is 1.88 bits per heavy atom. The molecule has 5 heteroatoms. The maximum atomic E-state index is 10.3. The molecule has 0 aliphatic carbocycles. The molecule has 2 N–H and O–H groups in total. The van der Waals surface area contributed by atoms with Crippen LogP contribution in [0.2, 0.25) is 0 Å². The van der Waals surface area contributed by atoms with Gasteiger partial charge in [0.15, 0.2) is 0 Å². The summed E-state index contributed by atoms with van der Waals surface area (Å²) in [5.74, 6) is -0.744. The summed E-state index contributed by atoms with van der Waals surface area (Å²) in [6, 6.07) is 6.05. The molecule has 1 aromatic carbocycles. The van der Waals surface area contributed by atoms with Crippen molar-refractivity contribution in [2.24, 2.45) is 0 Å². The van der Waals surface area contributed by atoms with E-state index >= 15 is 0 Å². The lowest BCUT2D eigenvalue weighted by Crippen LogP contribution is -2.15. The zero-order valence-electron chi connectivity index (χ0n) is 8.67. The van der Waals surface area contributed by atoms with Crippen LogP contribution in [-0.2, 0) is 11.3 Å². The molecule has 1 aromatic rings. The van der Waals surface area contributed by atoms with Gasteiger partial charge in [-0.25, -0.2) is 0 Å². The van der Waals surface area contributed by atoms with Crippen molar-refractivity contribution in [1.82, 2.24) is 5.32 Å². The molecule has 3 nitrogen and oxygen atoms in total. The standard InChI is InChI=1S/C11H13Br2NO2/c12-9-4-8(5-10(13)6-9)7-14-3-1-2-11(15)16/h4-6,14H,1-3,7H2,(H,15,16). The minimum atomic E-state index is -0.744. The number of carboxylic acids is 1. The van der Waals surface area contributed by atoms with E-state index in [-0.39, 0.29) is 6.42 Å². The Morgan fingerprint density at radius 3 is 2.44 bits per heavy atom. The fourth-order valence-electron chi connectivity index (χ4n) is 1.31. The predicted octanol–water partition coefficient (Wildman–Crippen LogP) is 3.17. The fourth-order valence-corrected chi connectivity index (χ4v) is 2.70. The molecule has 0 radical (unpaired) electrons. The van der Waals surface area contributed by atoms with Gasteiger partial charge in [0.25, 0.3) is 0 Å². The number of nitrogens with one attached hydrogen (secondary N) is 1. The molecule has 0 aliphatic rings. The number of aliphatic carboxylic acids is 1. The summed E-state index contributed by atoms with van der Waals surface area (Å²) in [6.45, 7) is 1.47. The van der Waals surface area contributed by atoms with E-state index in [1.54, 1.807) is 0 Å². The Labute approximate surface area is 111 Å². The fraction of sp³-hybridized carbons (Fsp3) is 0.364. The minimum absolute atomic E-state index is 0.217. The lowest BCUT2D eigenvalue weighted by molar-refractivity contribution is -0.137. The van der Waals surface area contributed by atoms with Crippen molar-refractivity contribution in [2.45, 2.75) is 19.4 Å². The van der Waals surface area contributed by atoms with E-state index < -0.39 is 5.97 Å². The predicted molar refractivity (Wildman–Crippen MR) is 70.4 cm³/mol. The van der Waals surface area contributed by atoms with Crippen molar-refractivity contribution in [3.05, 3.63) is 32.7 Å². The minimum Gasteiger partial charge on any atom is -0.481 e. The van der Waals surface area contributed by atoms with Crippen LogP contribution in [-0.4, -0.2) is 17.6 Å². The highest BCUT2D eigenvalue weighted by Gasteiger charge is 1.99. The Bertz CT molecular complexity index is 349. The monoisotopic (exact) mass is 349 g/mol. The number of carbonyl (C=O) groups is 1. The lowest BCUT2D eigenvalue weighted by atomic mass is 10.2. The van der Waals surface area contributed by atoms with Crippen LogP contribution >= 0.6 is 31.9 Å². The van der Waals surface area contributed by atoms with Crippen LogP contribution in [0.1, 0.15) is 18.4 Å². The maximum Gasteiger partial charge on any atom is 0.303 e. The molecular weight excluding hydrogens is 338 g/mol. The third-order valence-corrected chi connectivity index (χ3v) is 2.91. The zero-order chi connectivity index (χ0) is 12.0. The zero-order valence-corrected chi connectivity index (χ0v) is 11.8. The van der Waals surface area contributed by atoms with Crippen molar-refractivity contribution in [2.75, 3.05) is 6.54 Å². The summed E-state index contributed by atoms with van der Waals surface area (Å²) in [7, 11) is 0. The van der Waals surface area contributed by atoms with E-state index in [4.69, 9.17) is 5.11 Å². The summed E-state index contributed by atoms with van der Waals surface area (Å²) in [5.41, 5.74) is 1.16. The highest BCUT2D eigenvalue weighted by Crippen LogP contribution is 2.19. The largest absolute Gasteiger partial charge is 0.481 e. The van der Waals surface area contributed by atoms with Crippen LogP contribution in [0.5, 0.6) is 0 Å². The third-order valence-electron chi connectivity index (χ3n) is 2.00. The highest BCUT2D eigenvalue weighted by atomic mass is 79.9. The Hall–Kier alpha value is -0.390. The topological polar surface area (TPSA) is 49.3 Å². The molecule has 1 rings (SSSR count). The van der Waals surface area contributed by atoms with Crippen molar-refractivity contribution < 1.29 is 9.90 Å². The van der Waals surface area contributed by atoms with Gasteiger partial charge < -0.3 is 10.4 Å². The summed E-state index contributed by atoms with van der Waals surface area (Å²) >= 11 is 6.84. The molecule has 0 unspecified atom stereocenters. The molecule has 0 fully saturated rings. The molecule has 0 bridgehead atoms. The number of halogens is 2. The number of rotatable bonds is 6. The first-order chi connectivity index (χ1) is 7.58. The summed E-state index contributed by atoms with van der Waals surface area (Å²) in [6.07, 6.45) is 0.875. The second kappa shape index (κ2) is 7.04. The van der Waals surface area contributed by atoms with Crippen molar-refractivity contribution >= 4 is 37.8 Å². The number of hydrogen-bond donors (Lipinski definition) is 2. The van der Waals surface area contributed by atoms with Gasteiger partial charge in [0, 0.05) is 21.9 Å². The van der Waals surface area contributed by atoms with Crippen LogP contribution in [0.4, 0.5) is 0 Å². The molecule has 0 spiro atoms. The molecule has 0 aromatic heterocycles. The summed E-state index contributed by atoms with van der Waals surface area (Å²) in [5, 5.41) is 11.7. The van der Waals surface area contributed by atoms with Gasteiger partial charge in [-0.1, -0.05) is 31.9 Å². The van der Waals surface area contributed by atoms with Gasteiger partial charge in [0.1, 0.15) is 0 Å². The number of carboxylic acid groups (broad SMARTS) is 1. The highest BCUT2D eigenvalue weighted by molar-refractivity contribution is 9.11. The van der Waals surface area contributed by atoms with Crippen LogP contribution in [0.25, 0.3) is 0 Å². The Balaban J connectivity index is 2.29. The first-order valence-electron chi connectivity index (χ1n) is 4.95. The van der Waals surface area contributed by atoms with Gasteiger partial charge in [-0.05, 0) is 36.7 Å². The molecule has 0 amide bonds. The van der Waals surface area contributed by atoms with Crippen LogP contribution in [0.15, 0.2) is 27.1 Å².